The van der Waals surface area contributed by atoms with Crippen LogP contribution in [0.25, 0.3) is 10.9 Å². The lowest BCUT2D eigenvalue weighted by Crippen LogP contribution is -2.01. The summed E-state index contributed by atoms with van der Waals surface area (Å²) in [7, 11) is 0. The number of aromatic amines is 1. The Morgan fingerprint density at radius 3 is 2.50 bits per heavy atom. The molecule has 0 fully saturated rings. The van der Waals surface area contributed by atoms with E-state index in [0.29, 0.717) is 0 Å². The SMILES string of the molecule is Cc1ccc2c(C(=O)c3ccc(C)c(C)c3)c[nH]c2c1. The number of ketones is 1. The normalized spacial score (nSPS) is 10.9. The van der Waals surface area contributed by atoms with E-state index in [1.54, 1.807) is 0 Å². The largest absolute Gasteiger partial charge is 0.360 e. The molecule has 100 valence electrons. The molecule has 2 nitrogen and oxygen atoms in total. The van der Waals surface area contributed by atoms with Crippen molar-refractivity contribution in [3.8, 4) is 0 Å². The van der Waals surface area contributed by atoms with Crippen molar-refractivity contribution in [2.45, 2.75) is 20.8 Å². The van der Waals surface area contributed by atoms with Gasteiger partial charge in [-0.1, -0.05) is 24.3 Å². The van der Waals surface area contributed by atoms with Gasteiger partial charge in [0.05, 0.1) is 0 Å². The fraction of sp³-hybridized carbons (Fsp3) is 0.167. The van der Waals surface area contributed by atoms with Crippen molar-refractivity contribution in [1.29, 1.82) is 0 Å². The Hall–Kier alpha value is -2.35. The van der Waals surface area contributed by atoms with Gasteiger partial charge in [-0.2, -0.15) is 0 Å². The predicted octanol–water partition coefficient (Wildman–Crippen LogP) is 4.32. The number of aromatic nitrogens is 1. The van der Waals surface area contributed by atoms with Gasteiger partial charge >= 0.3 is 0 Å². The zero-order valence-corrected chi connectivity index (χ0v) is 11.9. The number of aryl methyl sites for hydroxylation is 3. The van der Waals surface area contributed by atoms with Crippen molar-refractivity contribution in [3.63, 3.8) is 0 Å². The number of nitrogens with one attached hydrogen (secondary N) is 1. The minimum absolute atomic E-state index is 0.0724. The van der Waals surface area contributed by atoms with E-state index in [0.717, 1.165) is 27.6 Å². The molecule has 3 rings (SSSR count). The first-order chi connectivity index (χ1) is 9.56. The molecule has 0 saturated carbocycles. The molecule has 0 atom stereocenters. The third-order valence-electron chi connectivity index (χ3n) is 3.85. The van der Waals surface area contributed by atoms with Crippen LogP contribution in [0.3, 0.4) is 0 Å². The van der Waals surface area contributed by atoms with Crippen molar-refractivity contribution in [1.82, 2.24) is 4.98 Å². The first kappa shape index (κ1) is 12.7. The van der Waals surface area contributed by atoms with Crippen LogP contribution in [-0.2, 0) is 0 Å². The smallest absolute Gasteiger partial charge is 0.195 e. The van der Waals surface area contributed by atoms with E-state index < -0.39 is 0 Å². The highest BCUT2D eigenvalue weighted by atomic mass is 16.1. The molecular weight excluding hydrogens is 246 g/mol. The maximum Gasteiger partial charge on any atom is 0.195 e. The van der Waals surface area contributed by atoms with Crippen LogP contribution in [0.2, 0.25) is 0 Å². The molecule has 1 N–H and O–H groups in total. The summed E-state index contributed by atoms with van der Waals surface area (Å²) in [4.78, 5) is 15.8. The van der Waals surface area contributed by atoms with E-state index in [-0.39, 0.29) is 5.78 Å². The fourth-order valence-corrected chi connectivity index (χ4v) is 2.47. The average molecular weight is 263 g/mol. The Kier molecular flexibility index (Phi) is 2.94. The number of carbonyl (C=O) groups excluding carboxylic acids is 1. The number of hydrogen-bond donors (Lipinski definition) is 1. The molecule has 3 aromatic rings. The first-order valence-corrected chi connectivity index (χ1v) is 6.76. The van der Waals surface area contributed by atoms with Crippen LogP contribution in [0, 0.1) is 20.8 Å². The summed E-state index contributed by atoms with van der Waals surface area (Å²) in [6.07, 6.45) is 1.81. The van der Waals surface area contributed by atoms with Gasteiger partial charge < -0.3 is 4.98 Å². The lowest BCUT2D eigenvalue weighted by atomic mass is 9.99. The van der Waals surface area contributed by atoms with Crippen LogP contribution in [0.15, 0.2) is 42.6 Å². The van der Waals surface area contributed by atoms with Crippen molar-refractivity contribution in [3.05, 3.63) is 70.4 Å². The Balaban J connectivity index is 2.10. The minimum Gasteiger partial charge on any atom is -0.360 e. The van der Waals surface area contributed by atoms with E-state index in [9.17, 15) is 4.79 Å². The van der Waals surface area contributed by atoms with E-state index >= 15 is 0 Å². The summed E-state index contributed by atoms with van der Waals surface area (Å²) >= 11 is 0. The third kappa shape index (κ3) is 2.03. The van der Waals surface area contributed by atoms with Gasteiger partial charge in [0.2, 0.25) is 0 Å². The number of H-pyrrole nitrogens is 1. The van der Waals surface area contributed by atoms with Gasteiger partial charge in [-0.3, -0.25) is 4.79 Å². The summed E-state index contributed by atoms with van der Waals surface area (Å²) in [5.74, 6) is 0.0724. The molecule has 0 unspecified atom stereocenters. The topological polar surface area (TPSA) is 32.9 Å². The molecule has 0 amide bonds. The Morgan fingerprint density at radius 2 is 1.75 bits per heavy atom. The fourth-order valence-electron chi connectivity index (χ4n) is 2.47. The van der Waals surface area contributed by atoms with Gasteiger partial charge in [0, 0.05) is 28.2 Å². The summed E-state index contributed by atoms with van der Waals surface area (Å²) in [5.41, 5.74) is 6.03. The standard InChI is InChI=1S/C18H17NO/c1-11-4-7-15-16(10-19-17(15)8-11)18(20)14-6-5-12(2)13(3)9-14/h4-10,19H,1-3H3. The van der Waals surface area contributed by atoms with Crippen molar-refractivity contribution in [2.24, 2.45) is 0 Å². The maximum atomic E-state index is 12.6. The molecule has 0 saturated heterocycles. The van der Waals surface area contributed by atoms with Gasteiger partial charge in [0.1, 0.15) is 0 Å². The number of fused-ring (bicyclic) bond motifs is 1. The van der Waals surface area contributed by atoms with Crippen LogP contribution < -0.4 is 0 Å². The molecule has 0 radical (unpaired) electrons. The van der Waals surface area contributed by atoms with Crippen LogP contribution in [0.1, 0.15) is 32.6 Å². The highest BCUT2D eigenvalue weighted by Gasteiger charge is 2.14. The lowest BCUT2D eigenvalue weighted by Gasteiger charge is -2.04. The number of hydrogen-bond acceptors (Lipinski definition) is 1. The number of rotatable bonds is 2. The van der Waals surface area contributed by atoms with Gasteiger partial charge in [-0.15, -0.1) is 0 Å². The van der Waals surface area contributed by atoms with Gasteiger partial charge in [0.25, 0.3) is 0 Å². The number of benzene rings is 2. The van der Waals surface area contributed by atoms with Crippen LogP contribution in [-0.4, -0.2) is 10.8 Å². The van der Waals surface area contributed by atoms with Crippen LogP contribution in [0.4, 0.5) is 0 Å². The zero-order valence-electron chi connectivity index (χ0n) is 11.9. The van der Waals surface area contributed by atoms with Crippen molar-refractivity contribution >= 4 is 16.7 Å². The summed E-state index contributed by atoms with van der Waals surface area (Å²) < 4.78 is 0. The van der Waals surface area contributed by atoms with E-state index in [1.807, 2.05) is 50.4 Å². The molecule has 0 spiro atoms. The molecule has 1 heterocycles. The minimum atomic E-state index is 0.0724. The molecular formula is C18H17NO. The van der Waals surface area contributed by atoms with Crippen molar-refractivity contribution < 1.29 is 4.79 Å². The van der Waals surface area contributed by atoms with E-state index in [4.69, 9.17) is 0 Å². The maximum absolute atomic E-state index is 12.6. The van der Waals surface area contributed by atoms with Gasteiger partial charge in [-0.05, 0) is 49.6 Å². The van der Waals surface area contributed by atoms with Crippen LogP contribution in [0.5, 0.6) is 0 Å². The zero-order chi connectivity index (χ0) is 14.3. The summed E-state index contributed by atoms with van der Waals surface area (Å²) in [5, 5.41) is 0.985. The molecule has 20 heavy (non-hydrogen) atoms. The van der Waals surface area contributed by atoms with E-state index in [2.05, 4.69) is 18.0 Å². The second-order valence-corrected chi connectivity index (χ2v) is 5.38. The summed E-state index contributed by atoms with van der Waals surface area (Å²) in [6.45, 7) is 6.13. The third-order valence-corrected chi connectivity index (χ3v) is 3.85. The lowest BCUT2D eigenvalue weighted by molar-refractivity contribution is 0.104. The summed E-state index contributed by atoms with van der Waals surface area (Å²) in [6, 6.07) is 12.0. The molecule has 0 aliphatic rings. The molecule has 1 aromatic heterocycles. The second-order valence-electron chi connectivity index (χ2n) is 5.38. The highest BCUT2D eigenvalue weighted by Crippen LogP contribution is 2.23. The number of carbonyl (C=O) groups is 1. The van der Waals surface area contributed by atoms with Crippen LogP contribution >= 0.6 is 0 Å². The Bertz CT molecular complexity index is 811. The predicted molar refractivity (Wildman–Crippen MR) is 82.4 cm³/mol. The van der Waals surface area contributed by atoms with Gasteiger partial charge in [0.15, 0.2) is 5.78 Å². The first-order valence-electron chi connectivity index (χ1n) is 6.76. The van der Waals surface area contributed by atoms with Crippen molar-refractivity contribution in [2.75, 3.05) is 0 Å². The molecule has 0 aliphatic carbocycles. The van der Waals surface area contributed by atoms with E-state index in [1.165, 1.54) is 11.1 Å². The molecule has 2 heteroatoms. The highest BCUT2D eigenvalue weighted by molar-refractivity contribution is 6.16. The molecule has 2 aromatic carbocycles. The second kappa shape index (κ2) is 4.64. The Labute approximate surface area is 118 Å². The molecule has 0 bridgehead atoms. The molecule has 0 aliphatic heterocycles. The van der Waals surface area contributed by atoms with Gasteiger partial charge in [-0.25, -0.2) is 0 Å². The quantitative estimate of drug-likeness (QED) is 0.686. The Morgan fingerprint density at radius 1 is 0.950 bits per heavy atom. The monoisotopic (exact) mass is 263 g/mol. The average Bonchev–Trinajstić information content (AvgIpc) is 2.84.